The Kier molecular flexibility index (Phi) is 4.03. The van der Waals surface area contributed by atoms with Gasteiger partial charge in [-0.3, -0.25) is 4.79 Å². The van der Waals surface area contributed by atoms with Gasteiger partial charge in [-0.05, 0) is 67.6 Å². The van der Waals surface area contributed by atoms with Gasteiger partial charge in [0.05, 0.1) is 29.6 Å². The van der Waals surface area contributed by atoms with Crippen LogP contribution in [0.3, 0.4) is 0 Å². The maximum Gasteiger partial charge on any atom is 0.201 e. The first kappa shape index (κ1) is 18.3. The molecule has 2 aromatic rings. The molecule has 2 aliphatic heterocycles. The predicted molar refractivity (Wildman–Crippen MR) is 102 cm³/mol. The van der Waals surface area contributed by atoms with Crippen LogP contribution in [0.4, 0.5) is 8.78 Å². The Morgan fingerprint density at radius 1 is 1.07 bits per heavy atom. The number of hydrogen-bond donors (Lipinski definition) is 1. The first-order valence-corrected chi connectivity index (χ1v) is 9.73. The summed E-state index contributed by atoms with van der Waals surface area (Å²) in [6, 6.07) is 7.08. The second-order valence-electron chi connectivity index (χ2n) is 8.05. The molecule has 6 heteroatoms. The van der Waals surface area contributed by atoms with E-state index < -0.39 is 11.6 Å². The molecule has 0 aromatic heterocycles. The van der Waals surface area contributed by atoms with Gasteiger partial charge in [-0.1, -0.05) is 6.07 Å². The Balaban J connectivity index is 1.52. The fraction of sp³-hybridized carbons (Fsp3) is 0.348. The third-order valence-electron chi connectivity index (χ3n) is 6.29. The van der Waals surface area contributed by atoms with E-state index in [4.69, 9.17) is 9.47 Å². The number of aliphatic hydroxyl groups is 1. The Bertz CT molecular complexity index is 1050. The molecule has 4 nitrogen and oxygen atoms in total. The molecule has 1 aliphatic carbocycles. The van der Waals surface area contributed by atoms with E-state index in [1.165, 1.54) is 12.1 Å². The number of carbonyl (C=O) groups is 1. The lowest BCUT2D eigenvalue weighted by Gasteiger charge is -2.19. The minimum atomic E-state index is -1.05. The molecule has 2 heterocycles. The number of fused-ring (bicyclic) bond motifs is 5. The van der Waals surface area contributed by atoms with Gasteiger partial charge in [0, 0.05) is 0 Å². The van der Waals surface area contributed by atoms with Gasteiger partial charge in [-0.25, -0.2) is 4.39 Å². The Hall–Kier alpha value is -2.73. The zero-order valence-electron chi connectivity index (χ0n) is 16.0. The number of Topliss-reactive ketones (excluding diaryl/α,β-unsaturated/α-hetero) is 1. The van der Waals surface area contributed by atoms with Crippen LogP contribution in [0.15, 0.2) is 36.1 Å². The van der Waals surface area contributed by atoms with E-state index in [1.807, 2.05) is 13.8 Å². The smallest absolute Gasteiger partial charge is 0.201 e. The van der Waals surface area contributed by atoms with Crippen molar-refractivity contribution in [3.05, 3.63) is 64.4 Å². The van der Waals surface area contributed by atoms with Crippen LogP contribution in [0.5, 0.6) is 11.5 Å². The van der Waals surface area contributed by atoms with Crippen molar-refractivity contribution >= 4 is 11.4 Å². The van der Waals surface area contributed by atoms with Crippen LogP contribution in [0.25, 0.3) is 5.57 Å². The first-order chi connectivity index (χ1) is 13.9. The molecule has 4 atom stereocenters. The summed E-state index contributed by atoms with van der Waals surface area (Å²) >= 11 is 0. The molecule has 0 radical (unpaired) electrons. The molecule has 0 amide bonds. The molecule has 2 fully saturated rings. The summed E-state index contributed by atoms with van der Waals surface area (Å²) < 4.78 is 38.7. The molecule has 0 saturated carbocycles. The molecule has 29 heavy (non-hydrogen) atoms. The molecular formula is C23H20F2O4. The molecular weight excluding hydrogens is 378 g/mol. The minimum Gasteiger partial charge on any atom is -0.511 e. The number of benzene rings is 2. The summed E-state index contributed by atoms with van der Waals surface area (Å²) in [5, 5.41) is 10.9. The average molecular weight is 398 g/mol. The average Bonchev–Trinajstić information content (AvgIpc) is 3.34. The molecule has 5 rings (SSSR count). The van der Waals surface area contributed by atoms with Gasteiger partial charge in [-0.2, -0.15) is 4.39 Å². The zero-order valence-corrected chi connectivity index (χ0v) is 16.0. The number of allylic oxidation sites excluding steroid dienone is 1. The summed E-state index contributed by atoms with van der Waals surface area (Å²) in [5.74, 6) is -2.43. The van der Waals surface area contributed by atoms with Gasteiger partial charge < -0.3 is 14.6 Å². The normalized spacial score (nSPS) is 27.7. The topological polar surface area (TPSA) is 55.8 Å². The lowest BCUT2D eigenvalue weighted by atomic mass is 9.80. The fourth-order valence-corrected chi connectivity index (χ4v) is 5.14. The van der Waals surface area contributed by atoms with Crippen molar-refractivity contribution in [3.63, 3.8) is 0 Å². The van der Waals surface area contributed by atoms with Crippen molar-refractivity contribution in [3.8, 4) is 11.5 Å². The Morgan fingerprint density at radius 2 is 1.72 bits per heavy atom. The molecule has 0 spiro atoms. The Morgan fingerprint density at radius 3 is 2.38 bits per heavy atom. The first-order valence-electron chi connectivity index (χ1n) is 9.73. The van der Waals surface area contributed by atoms with E-state index in [9.17, 15) is 18.7 Å². The van der Waals surface area contributed by atoms with Gasteiger partial charge in [0.1, 0.15) is 11.5 Å². The van der Waals surface area contributed by atoms with Gasteiger partial charge >= 0.3 is 0 Å². The van der Waals surface area contributed by atoms with Crippen molar-refractivity contribution in [1.82, 2.24) is 0 Å². The van der Waals surface area contributed by atoms with E-state index in [0.717, 1.165) is 30.0 Å². The van der Waals surface area contributed by atoms with Crippen molar-refractivity contribution in [1.29, 1.82) is 0 Å². The third kappa shape index (κ3) is 2.62. The van der Waals surface area contributed by atoms with E-state index in [2.05, 4.69) is 0 Å². The number of hydrogen-bond acceptors (Lipinski definition) is 4. The van der Waals surface area contributed by atoms with Crippen LogP contribution in [0, 0.1) is 37.3 Å². The van der Waals surface area contributed by atoms with Crippen molar-refractivity contribution in [2.45, 2.75) is 38.9 Å². The lowest BCUT2D eigenvalue weighted by molar-refractivity contribution is -0.118. The summed E-state index contributed by atoms with van der Waals surface area (Å²) in [6.45, 7) is 3.62. The highest BCUT2D eigenvalue weighted by molar-refractivity contribution is 6.26. The standard InChI is InChI=1S/C23H20F2O4/c1-10-8-12(28-16-5-3-4-13(24)21(16)25)9-11(2)17(10)20-22(26)18-14-6-7-15(29-14)19(18)23(20)27/h3-5,8-9,14-15,18-19,26H,6-7H2,1-2H3/t14-,15+,18-,19+/m1/s1. The summed E-state index contributed by atoms with van der Waals surface area (Å²) in [5.41, 5.74) is 2.48. The molecule has 3 aliphatic rings. The van der Waals surface area contributed by atoms with E-state index in [0.29, 0.717) is 16.9 Å². The number of halogens is 2. The maximum atomic E-state index is 13.9. The maximum absolute atomic E-state index is 13.9. The second kappa shape index (κ2) is 6.39. The number of rotatable bonds is 3. The van der Waals surface area contributed by atoms with Gasteiger partial charge in [0.2, 0.25) is 5.82 Å². The van der Waals surface area contributed by atoms with Gasteiger partial charge in [0.15, 0.2) is 17.3 Å². The molecule has 150 valence electrons. The second-order valence-corrected chi connectivity index (χ2v) is 8.05. The predicted octanol–water partition coefficient (Wildman–Crippen LogP) is 5.02. The largest absolute Gasteiger partial charge is 0.511 e. The number of carbonyl (C=O) groups excluding carboxylic acids is 1. The lowest BCUT2D eigenvalue weighted by Crippen LogP contribution is -2.29. The molecule has 2 bridgehead atoms. The zero-order chi connectivity index (χ0) is 20.4. The van der Waals surface area contributed by atoms with E-state index in [1.54, 1.807) is 12.1 Å². The number of ketones is 1. The van der Waals surface area contributed by atoms with Crippen LogP contribution in [-0.4, -0.2) is 23.1 Å². The van der Waals surface area contributed by atoms with Crippen molar-refractivity contribution < 1.29 is 28.2 Å². The van der Waals surface area contributed by atoms with Crippen LogP contribution >= 0.6 is 0 Å². The van der Waals surface area contributed by atoms with Crippen LogP contribution in [0.1, 0.15) is 29.5 Å². The summed E-state index contributed by atoms with van der Waals surface area (Å²) in [4.78, 5) is 13.1. The van der Waals surface area contributed by atoms with Crippen LogP contribution < -0.4 is 4.74 Å². The fourth-order valence-electron chi connectivity index (χ4n) is 5.14. The van der Waals surface area contributed by atoms with Gasteiger partial charge in [0.25, 0.3) is 0 Å². The summed E-state index contributed by atoms with van der Waals surface area (Å²) in [6.07, 6.45) is 1.50. The molecule has 1 N–H and O–H groups in total. The third-order valence-corrected chi connectivity index (χ3v) is 6.29. The van der Waals surface area contributed by atoms with Gasteiger partial charge in [-0.15, -0.1) is 0 Å². The monoisotopic (exact) mass is 398 g/mol. The summed E-state index contributed by atoms with van der Waals surface area (Å²) in [7, 11) is 0. The van der Waals surface area contributed by atoms with E-state index >= 15 is 0 Å². The minimum absolute atomic E-state index is 0.0734. The molecule has 2 saturated heterocycles. The number of ether oxygens (including phenoxy) is 2. The molecule has 0 unspecified atom stereocenters. The highest BCUT2D eigenvalue weighted by atomic mass is 19.2. The molecule has 2 aromatic carbocycles. The van der Waals surface area contributed by atoms with Crippen molar-refractivity contribution in [2.75, 3.05) is 0 Å². The van der Waals surface area contributed by atoms with E-state index in [-0.39, 0.29) is 41.3 Å². The number of aliphatic hydroxyl groups excluding tert-OH is 1. The SMILES string of the molecule is Cc1cc(Oc2cccc(F)c2F)cc(C)c1C1=C(O)[C@H]2[C@@H](C1=O)[C@@H]1CC[C@H]2O1. The highest BCUT2D eigenvalue weighted by Gasteiger charge is 2.59. The Labute approximate surface area is 166 Å². The highest BCUT2D eigenvalue weighted by Crippen LogP contribution is 2.54. The quantitative estimate of drug-likeness (QED) is 0.789. The van der Waals surface area contributed by atoms with Crippen LogP contribution in [0.2, 0.25) is 0 Å². The number of aryl methyl sites for hydroxylation is 2. The van der Waals surface area contributed by atoms with Crippen LogP contribution in [-0.2, 0) is 9.53 Å². The van der Waals surface area contributed by atoms with Crippen molar-refractivity contribution in [2.24, 2.45) is 11.8 Å².